The molecule has 3 aromatic heterocycles. The van der Waals surface area contributed by atoms with Gasteiger partial charge < -0.3 is 10.6 Å². The van der Waals surface area contributed by atoms with Crippen LogP contribution in [0.15, 0.2) is 54.9 Å². The second kappa shape index (κ2) is 9.36. The second-order valence-corrected chi connectivity index (χ2v) is 7.37. The molecule has 0 aliphatic carbocycles. The van der Waals surface area contributed by atoms with Crippen molar-refractivity contribution in [2.75, 3.05) is 10.6 Å². The lowest BCUT2D eigenvalue weighted by molar-refractivity contribution is 0.850. The van der Waals surface area contributed by atoms with Gasteiger partial charge >= 0.3 is 0 Å². The Balaban J connectivity index is 1.62. The first-order chi connectivity index (χ1) is 15.0. The highest BCUT2D eigenvalue weighted by Crippen LogP contribution is 2.19. The topological polar surface area (TPSA) is 104 Å². The summed E-state index contributed by atoms with van der Waals surface area (Å²) in [6.07, 6.45) is 7.23. The molecule has 0 amide bonds. The molecule has 0 aliphatic heterocycles. The van der Waals surface area contributed by atoms with Crippen molar-refractivity contribution in [2.24, 2.45) is 0 Å². The molecular weight excluding hydrogens is 412 g/mol. The summed E-state index contributed by atoms with van der Waals surface area (Å²) >= 11 is 6.08. The lowest BCUT2D eigenvalue weighted by atomic mass is 10.1. The van der Waals surface area contributed by atoms with Gasteiger partial charge in [-0.25, -0.2) is 0 Å². The highest BCUT2D eigenvalue weighted by Gasteiger charge is 2.11. The van der Waals surface area contributed by atoms with Crippen molar-refractivity contribution in [1.82, 2.24) is 30.1 Å². The van der Waals surface area contributed by atoms with Crippen molar-refractivity contribution in [3.05, 3.63) is 82.5 Å². The van der Waals surface area contributed by atoms with Crippen LogP contribution in [0.4, 0.5) is 17.7 Å². The predicted molar refractivity (Wildman–Crippen MR) is 123 cm³/mol. The van der Waals surface area contributed by atoms with E-state index in [1.165, 1.54) is 0 Å². The quantitative estimate of drug-likeness (QED) is 0.375. The molecule has 0 fully saturated rings. The standard InChI is InChI=1S/C22H21ClN8/c1-14-12-20(31-30-14)28-22-27-19(7-6-16-4-3-5-18(23)13-16)26-21(29-22)25-15(2)17-8-10-24-11-9-17/h3-13,15H,1-2H3,(H3,25,26,27,28,29,30,31)/b7-6+. The maximum Gasteiger partial charge on any atom is 0.233 e. The number of hydrogen-bond acceptors (Lipinski definition) is 7. The van der Waals surface area contributed by atoms with E-state index in [0.717, 1.165) is 16.8 Å². The van der Waals surface area contributed by atoms with Crippen LogP contribution in [0.1, 0.15) is 35.6 Å². The van der Waals surface area contributed by atoms with Crippen LogP contribution < -0.4 is 10.6 Å². The highest BCUT2D eigenvalue weighted by molar-refractivity contribution is 6.30. The summed E-state index contributed by atoms with van der Waals surface area (Å²) in [7, 11) is 0. The highest BCUT2D eigenvalue weighted by atomic mass is 35.5. The Morgan fingerprint density at radius 1 is 1.00 bits per heavy atom. The van der Waals surface area contributed by atoms with Crippen LogP contribution in [0.3, 0.4) is 0 Å². The predicted octanol–water partition coefficient (Wildman–Crippen LogP) is 5.04. The van der Waals surface area contributed by atoms with Crippen LogP contribution in [0.5, 0.6) is 0 Å². The van der Waals surface area contributed by atoms with E-state index in [2.05, 4.69) is 40.8 Å². The average molecular weight is 433 g/mol. The zero-order valence-corrected chi connectivity index (χ0v) is 17.8. The Morgan fingerprint density at radius 2 is 1.81 bits per heavy atom. The third-order valence-corrected chi connectivity index (χ3v) is 4.66. The first-order valence-corrected chi connectivity index (χ1v) is 10.1. The smallest absolute Gasteiger partial charge is 0.233 e. The van der Waals surface area contributed by atoms with Crippen LogP contribution >= 0.6 is 11.6 Å². The van der Waals surface area contributed by atoms with E-state index < -0.39 is 0 Å². The molecule has 1 aromatic carbocycles. The maximum absolute atomic E-state index is 6.08. The number of benzene rings is 1. The minimum atomic E-state index is -0.0179. The van der Waals surface area contributed by atoms with Gasteiger partial charge in [0.25, 0.3) is 0 Å². The number of rotatable bonds is 7. The summed E-state index contributed by atoms with van der Waals surface area (Å²) in [6, 6.07) is 13.3. The van der Waals surface area contributed by atoms with Gasteiger partial charge in [0, 0.05) is 29.2 Å². The van der Waals surface area contributed by atoms with E-state index in [0.29, 0.717) is 28.6 Å². The van der Waals surface area contributed by atoms with Crippen LogP contribution in [-0.4, -0.2) is 30.1 Å². The number of anilines is 3. The van der Waals surface area contributed by atoms with Gasteiger partial charge in [-0.1, -0.05) is 29.8 Å². The van der Waals surface area contributed by atoms with Crippen molar-refractivity contribution < 1.29 is 0 Å². The van der Waals surface area contributed by atoms with Crippen molar-refractivity contribution in [2.45, 2.75) is 19.9 Å². The molecule has 156 valence electrons. The van der Waals surface area contributed by atoms with E-state index >= 15 is 0 Å². The molecule has 1 unspecified atom stereocenters. The summed E-state index contributed by atoms with van der Waals surface area (Å²) in [4.78, 5) is 17.6. The van der Waals surface area contributed by atoms with Crippen LogP contribution in [0.25, 0.3) is 12.2 Å². The fourth-order valence-electron chi connectivity index (χ4n) is 2.89. The number of halogens is 1. The fraction of sp³-hybridized carbons (Fsp3) is 0.136. The largest absolute Gasteiger partial charge is 0.348 e. The van der Waals surface area contributed by atoms with Gasteiger partial charge in [0.05, 0.1) is 6.04 Å². The number of pyridine rings is 1. The number of aromatic amines is 1. The summed E-state index contributed by atoms with van der Waals surface area (Å²) in [6.45, 7) is 3.96. The van der Waals surface area contributed by atoms with E-state index in [-0.39, 0.29) is 6.04 Å². The SMILES string of the molecule is Cc1cc(Nc2nc(/C=C/c3cccc(Cl)c3)nc(NC(C)c3ccncc3)n2)n[nH]1. The van der Waals surface area contributed by atoms with Gasteiger partial charge in [0.2, 0.25) is 11.9 Å². The van der Waals surface area contributed by atoms with E-state index in [1.807, 2.05) is 68.5 Å². The van der Waals surface area contributed by atoms with Crippen molar-refractivity contribution in [1.29, 1.82) is 0 Å². The summed E-state index contributed by atoms with van der Waals surface area (Å²) in [5.74, 6) is 1.95. The Hall–Kier alpha value is -3.78. The van der Waals surface area contributed by atoms with Crippen LogP contribution in [0.2, 0.25) is 5.02 Å². The summed E-state index contributed by atoms with van der Waals surface area (Å²) in [5.41, 5.74) is 2.95. The van der Waals surface area contributed by atoms with Crippen LogP contribution in [-0.2, 0) is 0 Å². The molecule has 8 nitrogen and oxygen atoms in total. The Bertz CT molecular complexity index is 1190. The summed E-state index contributed by atoms with van der Waals surface area (Å²) in [5, 5.41) is 14.2. The molecule has 4 aromatic rings. The Labute approximate surface area is 184 Å². The van der Waals surface area contributed by atoms with Gasteiger partial charge in [-0.05, 0) is 55.3 Å². The average Bonchev–Trinajstić information content (AvgIpc) is 3.17. The number of aryl methyl sites for hydroxylation is 1. The first-order valence-electron chi connectivity index (χ1n) is 9.70. The van der Waals surface area contributed by atoms with Gasteiger partial charge in [-0.2, -0.15) is 20.1 Å². The molecule has 1 atom stereocenters. The zero-order chi connectivity index (χ0) is 21.6. The maximum atomic E-state index is 6.08. The molecule has 0 aliphatic rings. The number of hydrogen-bond donors (Lipinski definition) is 3. The first kappa shape index (κ1) is 20.5. The zero-order valence-electron chi connectivity index (χ0n) is 17.0. The van der Waals surface area contributed by atoms with Crippen molar-refractivity contribution in [3.63, 3.8) is 0 Å². The monoisotopic (exact) mass is 432 g/mol. The molecule has 0 spiro atoms. The molecule has 0 saturated carbocycles. The van der Waals surface area contributed by atoms with E-state index in [9.17, 15) is 0 Å². The minimum absolute atomic E-state index is 0.0179. The summed E-state index contributed by atoms with van der Waals surface area (Å²) < 4.78 is 0. The van der Waals surface area contributed by atoms with Gasteiger partial charge in [0.1, 0.15) is 0 Å². The third kappa shape index (κ3) is 5.64. The fourth-order valence-corrected chi connectivity index (χ4v) is 3.09. The molecule has 9 heteroatoms. The normalized spacial score (nSPS) is 12.1. The number of aromatic nitrogens is 6. The number of nitrogens with one attached hydrogen (secondary N) is 3. The molecule has 3 heterocycles. The van der Waals surface area contributed by atoms with Gasteiger partial charge in [-0.15, -0.1) is 0 Å². The number of H-pyrrole nitrogens is 1. The second-order valence-electron chi connectivity index (χ2n) is 6.94. The Morgan fingerprint density at radius 3 is 2.55 bits per heavy atom. The third-order valence-electron chi connectivity index (χ3n) is 4.42. The molecule has 0 radical (unpaired) electrons. The molecule has 0 saturated heterocycles. The van der Waals surface area contributed by atoms with Crippen LogP contribution in [0, 0.1) is 6.92 Å². The lowest BCUT2D eigenvalue weighted by Crippen LogP contribution is -2.12. The van der Waals surface area contributed by atoms with Crippen molar-refractivity contribution in [3.8, 4) is 0 Å². The van der Waals surface area contributed by atoms with E-state index in [1.54, 1.807) is 12.4 Å². The Kier molecular flexibility index (Phi) is 6.18. The lowest BCUT2D eigenvalue weighted by Gasteiger charge is -2.14. The minimum Gasteiger partial charge on any atom is -0.348 e. The molecule has 31 heavy (non-hydrogen) atoms. The van der Waals surface area contributed by atoms with Gasteiger partial charge in [-0.3, -0.25) is 10.1 Å². The molecule has 0 bridgehead atoms. The number of nitrogens with zero attached hydrogens (tertiary/aromatic N) is 5. The van der Waals surface area contributed by atoms with Crippen molar-refractivity contribution >= 4 is 41.5 Å². The molecular formula is C22H21ClN8. The van der Waals surface area contributed by atoms with Gasteiger partial charge in [0.15, 0.2) is 11.6 Å². The molecule has 4 rings (SSSR count). The molecule has 3 N–H and O–H groups in total. The van der Waals surface area contributed by atoms with E-state index in [4.69, 9.17) is 11.6 Å².